The Hall–Kier alpha value is -0.900. The quantitative estimate of drug-likeness (QED) is 0.846. The van der Waals surface area contributed by atoms with Gasteiger partial charge in [0.15, 0.2) is 0 Å². The van der Waals surface area contributed by atoms with Gasteiger partial charge in [-0.1, -0.05) is 0 Å². The van der Waals surface area contributed by atoms with Gasteiger partial charge in [0.05, 0.1) is 5.56 Å². The first-order chi connectivity index (χ1) is 7.06. The largest absolute Gasteiger partial charge is 0.336 e. The van der Waals surface area contributed by atoms with Gasteiger partial charge >= 0.3 is 0 Å². The average molecular weight is 271 g/mol. The summed E-state index contributed by atoms with van der Waals surface area (Å²) in [5.74, 6) is 0.0290. The van der Waals surface area contributed by atoms with E-state index in [9.17, 15) is 4.79 Å². The highest BCUT2D eigenvalue weighted by molar-refractivity contribution is 9.10. The molecule has 0 fully saturated rings. The molecule has 0 radical (unpaired) electrons. The normalized spacial score (nSPS) is 10.5. The van der Waals surface area contributed by atoms with Gasteiger partial charge in [0, 0.05) is 29.5 Å². The van der Waals surface area contributed by atoms with Crippen LogP contribution in [0, 0.1) is 0 Å². The van der Waals surface area contributed by atoms with Crippen molar-refractivity contribution in [3.63, 3.8) is 0 Å². The lowest BCUT2D eigenvalue weighted by Gasteiger charge is -2.25. The minimum absolute atomic E-state index is 0.0290. The third-order valence-electron chi connectivity index (χ3n) is 2.18. The fraction of sp³-hybridized carbons (Fsp3) is 0.455. The van der Waals surface area contributed by atoms with E-state index in [1.807, 2.05) is 25.7 Å². The second kappa shape index (κ2) is 5.26. The van der Waals surface area contributed by atoms with Crippen molar-refractivity contribution in [1.82, 2.24) is 9.88 Å². The van der Waals surface area contributed by atoms with Gasteiger partial charge in [-0.15, -0.1) is 0 Å². The van der Waals surface area contributed by atoms with E-state index in [0.29, 0.717) is 12.1 Å². The second-order valence-electron chi connectivity index (χ2n) is 3.58. The Morgan fingerprint density at radius 2 is 2.20 bits per heavy atom. The molecule has 1 rings (SSSR count). The molecule has 0 N–H and O–H groups in total. The lowest BCUT2D eigenvalue weighted by Crippen LogP contribution is -2.36. The van der Waals surface area contributed by atoms with Crippen LogP contribution in [0.25, 0.3) is 0 Å². The number of carbonyl (C=O) groups excluding carboxylic acids is 1. The maximum Gasteiger partial charge on any atom is 0.255 e. The van der Waals surface area contributed by atoms with Crippen molar-refractivity contribution in [3.8, 4) is 0 Å². The molecule has 0 aliphatic carbocycles. The predicted octanol–water partition coefficient (Wildman–Crippen LogP) is 2.71. The molecule has 0 bridgehead atoms. The number of rotatable bonds is 3. The summed E-state index contributed by atoms with van der Waals surface area (Å²) in [6.07, 6.45) is 3.26. The SMILES string of the molecule is CCN(C(=O)c1cncc(Br)c1)C(C)C. The molecule has 0 aromatic carbocycles. The van der Waals surface area contributed by atoms with E-state index >= 15 is 0 Å². The fourth-order valence-electron chi connectivity index (χ4n) is 1.44. The summed E-state index contributed by atoms with van der Waals surface area (Å²) in [5.41, 5.74) is 0.625. The van der Waals surface area contributed by atoms with Crippen LogP contribution < -0.4 is 0 Å². The molecule has 0 spiro atoms. The zero-order chi connectivity index (χ0) is 11.4. The zero-order valence-electron chi connectivity index (χ0n) is 9.20. The maximum absolute atomic E-state index is 12.0. The molecule has 15 heavy (non-hydrogen) atoms. The summed E-state index contributed by atoms with van der Waals surface area (Å²) in [6, 6.07) is 2.00. The van der Waals surface area contributed by atoms with Gasteiger partial charge in [-0.25, -0.2) is 0 Å². The summed E-state index contributed by atoms with van der Waals surface area (Å²) in [7, 11) is 0. The van der Waals surface area contributed by atoms with Gasteiger partial charge in [-0.3, -0.25) is 9.78 Å². The molecule has 1 aromatic rings. The van der Waals surface area contributed by atoms with Crippen molar-refractivity contribution in [2.45, 2.75) is 26.8 Å². The molecular formula is C11H15BrN2O. The van der Waals surface area contributed by atoms with Crippen molar-refractivity contribution >= 4 is 21.8 Å². The van der Waals surface area contributed by atoms with Crippen molar-refractivity contribution in [2.24, 2.45) is 0 Å². The molecule has 0 aliphatic heterocycles. The Morgan fingerprint density at radius 1 is 1.53 bits per heavy atom. The minimum atomic E-state index is 0.0290. The molecule has 0 aliphatic rings. The van der Waals surface area contributed by atoms with Crippen LogP contribution in [0.3, 0.4) is 0 Å². The molecule has 1 amide bonds. The van der Waals surface area contributed by atoms with Gasteiger partial charge in [0.2, 0.25) is 0 Å². The van der Waals surface area contributed by atoms with Gasteiger partial charge in [-0.05, 0) is 42.8 Å². The summed E-state index contributed by atoms with van der Waals surface area (Å²) < 4.78 is 0.827. The molecule has 0 saturated heterocycles. The summed E-state index contributed by atoms with van der Waals surface area (Å²) in [5, 5.41) is 0. The van der Waals surface area contributed by atoms with Crippen molar-refractivity contribution in [1.29, 1.82) is 0 Å². The van der Waals surface area contributed by atoms with E-state index in [4.69, 9.17) is 0 Å². The predicted molar refractivity (Wildman–Crippen MR) is 63.8 cm³/mol. The van der Waals surface area contributed by atoms with Crippen LogP contribution in [0.4, 0.5) is 0 Å². The first-order valence-electron chi connectivity index (χ1n) is 4.97. The molecule has 3 nitrogen and oxygen atoms in total. The van der Waals surface area contributed by atoms with E-state index < -0.39 is 0 Å². The summed E-state index contributed by atoms with van der Waals surface area (Å²) in [4.78, 5) is 17.8. The number of pyridine rings is 1. The first kappa shape index (κ1) is 12.2. The van der Waals surface area contributed by atoms with E-state index in [1.165, 1.54) is 0 Å². The van der Waals surface area contributed by atoms with Crippen molar-refractivity contribution < 1.29 is 4.79 Å². The van der Waals surface area contributed by atoms with E-state index in [1.54, 1.807) is 18.5 Å². The molecule has 0 atom stereocenters. The zero-order valence-corrected chi connectivity index (χ0v) is 10.8. The van der Waals surface area contributed by atoms with Crippen molar-refractivity contribution in [2.75, 3.05) is 6.54 Å². The number of aromatic nitrogens is 1. The third-order valence-corrected chi connectivity index (χ3v) is 2.61. The third kappa shape index (κ3) is 3.02. The molecule has 4 heteroatoms. The molecule has 82 valence electrons. The molecule has 1 heterocycles. The van der Waals surface area contributed by atoms with Crippen LogP contribution in [0.5, 0.6) is 0 Å². The van der Waals surface area contributed by atoms with Crippen LogP contribution in [0.15, 0.2) is 22.9 Å². The van der Waals surface area contributed by atoms with E-state index in [-0.39, 0.29) is 11.9 Å². The van der Waals surface area contributed by atoms with E-state index in [2.05, 4.69) is 20.9 Å². The second-order valence-corrected chi connectivity index (χ2v) is 4.49. The minimum Gasteiger partial charge on any atom is -0.336 e. The Morgan fingerprint density at radius 3 is 2.67 bits per heavy atom. The highest BCUT2D eigenvalue weighted by Crippen LogP contribution is 2.12. The Kier molecular flexibility index (Phi) is 4.27. The Labute approximate surface area is 98.6 Å². The van der Waals surface area contributed by atoms with Gasteiger partial charge in [-0.2, -0.15) is 0 Å². The number of hydrogen-bond acceptors (Lipinski definition) is 2. The van der Waals surface area contributed by atoms with Crippen LogP contribution >= 0.6 is 15.9 Å². The van der Waals surface area contributed by atoms with Gasteiger partial charge in [0.1, 0.15) is 0 Å². The number of amides is 1. The molecule has 1 aromatic heterocycles. The highest BCUT2D eigenvalue weighted by atomic mass is 79.9. The van der Waals surface area contributed by atoms with Crippen LogP contribution in [0.1, 0.15) is 31.1 Å². The summed E-state index contributed by atoms with van der Waals surface area (Å²) >= 11 is 3.31. The first-order valence-corrected chi connectivity index (χ1v) is 5.77. The monoisotopic (exact) mass is 270 g/mol. The van der Waals surface area contributed by atoms with Crippen LogP contribution in [-0.4, -0.2) is 28.4 Å². The number of halogens is 1. The van der Waals surface area contributed by atoms with Crippen LogP contribution in [0.2, 0.25) is 0 Å². The molecule has 0 saturated carbocycles. The Bertz CT molecular complexity index is 352. The average Bonchev–Trinajstić information content (AvgIpc) is 2.18. The lowest BCUT2D eigenvalue weighted by atomic mass is 10.2. The highest BCUT2D eigenvalue weighted by Gasteiger charge is 2.17. The van der Waals surface area contributed by atoms with Crippen LogP contribution in [-0.2, 0) is 0 Å². The number of nitrogens with zero attached hydrogens (tertiary/aromatic N) is 2. The maximum atomic E-state index is 12.0. The van der Waals surface area contributed by atoms with Gasteiger partial charge < -0.3 is 4.90 Å². The topological polar surface area (TPSA) is 33.2 Å². The number of carbonyl (C=O) groups is 1. The Balaban J connectivity index is 2.93. The van der Waals surface area contributed by atoms with Crippen molar-refractivity contribution in [3.05, 3.63) is 28.5 Å². The molecular weight excluding hydrogens is 256 g/mol. The van der Waals surface area contributed by atoms with E-state index in [0.717, 1.165) is 4.47 Å². The lowest BCUT2D eigenvalue weighted by molar-refractivity contribution is 0.0716. The number of hydrogen-bond donors (Lipinski definition) is 0. The fourth-order valence-corrected chi connectivity index (χ4v) is 1.80. The molecule has 0 unspecified atom stereocenters. The summed E-state index contributed by atoms with van der Waals surface area (Å²) in [6.45, 7) is 6.70. The smallest absolute Gasteiger partial charge is 0.255 e. The standard InChI is InChI=1S/C11H15BrN2O/c1-4-14(8(2)3)11(15)9-5-10(12)7-13-6-9/h5-8H,4H2,1-3H3. The van der Waals surface area contributed by atoms with Gasteiger partial charge in [0.25, 0.3) is 5.91 Å².